The zero-order chi connectivity index (χ0) is 13.1. The lowest BCUT2D eigenvalue weighted by atomic mass is 10.2. The molecule has 2 rings (SSSR count). The number of hydrogen-bond acceptors (Lipinski definition) is 1. The third-order valence-electron chi connectivity index (χ3n) is 2.77. The summed E-state index contributed by atoms with van der Waals surface area (Å²) >= 11 is 5.94. The van der Waals surface area contributed by atoms with Crippen LogP contribution in [0.4, 0.5) is 4.39 Å². The van der Waals surface area contributed by atoms with E-state index in [1.54, 1.807) is 29.1 Å². The second kappa shape index (κ2) is 5.40. The van der Waals surface area contributed by atoms with Crippen molar-refractivity contribution in [2.75, 3.05) is 0 Å². The molecule has 0 aliphatic carbocycles. The van der Waals surface area contributed by atoms with Crippen LogP contribution in [0.25, 0.3) is 0 Å². The van der Waals surface area contributed by atoms with Crippen LogP contribution in [-0.2, 0) is 13.1 Å². The maximum Gasteiger partial charge on any atom is 0.328 e. The Bertz CT molecular complexity index is 583. The summed E-state index contributed by atoms with van der Waals surface area (Å²) in [7, 11) is 0. The molecule has 0 atom stereocenters. The van der Waals surface area contributed by atoms with Gasteiger partial charge in [0.05, 0.1) is 6.54 Å². The first-order valence-electron chi connectivity index (χ1n) is 5.82. The lowest BCUT2D eigenvalue weighted by molar-refractivity contribution is 0.585. The summed E-state index contributed by atoms with van der Waals surface area (Å²) < 4.78 is 16.7. The van der Waals surface area contributed by atoms with E-state index in [0.29, 0.717) is 17.1 Å². The minimum Gasteiger partial charge on any atom is -0.299 e. The van der Waals surface area contributed by atoms with E-state index in [0.717, 1.165) is 6.42 Å². The molecule has 0 radical (unpaired) electrons. The largest absolute Gasteiger partial charge is 0.328 e. The van der Waals surface area contributed by atoms with E-state index in [2.05, 4.69) is 0 Å². The van der Waals surface area contributed by atoms with Crippen molar-refractivity contribution in [2.24, 2.45) is 0 Å². The quantitative estimate of drug-likeness (QED) is 0.838. The lowest BCUT2D eigenvalue weighted by Crippen LogP contribution is -2.24. The Morgan fingerprint density at radius 2 is 2.00 bits per heavy atom. The topological polar surface area (TPSA) is 26.9 Å². The van der Waals surface area contributed by atoms with Gasteiger partial charge in [-0.05, 0) is 18.6 Å². The maximum absolute atomic E-state index is 13.6. The number of imidazole rings is 1. The van der Waals surface area contributed by atoms with Gasteiger partial charge in [-0.1, -0.05) is 24.6 Å². The van der Waals surface area contributed by atoms with Crippen molar-refractivity contribution < 1.29 is 4.39 Å². The Hall–Kier alpha value is -1.55. The molecule has 0 saturated carbocycles. The van der Waals surface area contributed by atoms with Gasteiger partial charge in [0.1, 0.15) is 5.82 Å². The third-order valence-corrected chi connectivity index (χ3v) is 3.13. The van der Waals surface area contributed by atoms with Gasteiger partial charge in [-0.3, -0.25) is 9.13 Å². The highest BCUT2D eigenvalue weighted by molar-refractivity contribution is 6.31. The second-order valence-corrected chi connectivity index (χ2v) is 4.51. The van der Waals surface area contributed by atoms with Gasteiger partial charge in [-0.2, -0.15) is 0 Å². The van der Waals surface area contributed by atoms with Gasteiger partial charge in [-0.25, -0.2) is 9.18 Å². The average molecular weight is 269 g/mol. The van der Waals surface area contributed by atoms with Crippen molar-refractivity contribution in [3.63, 3.8) is 0 Å². The smallest absolute Gasteiger partial charge is 0.299 e. The minimum absolute atomic E-state index is 0.142. The first-order valence-corrected chi connectivity index (χ1v) is 6.19. The number of hydrogen-bond donors (Lipinski definition) is 0. The highest BCUT2D eigenvalue weighted by Gasteiger charge is 2.10. The number of aromatic nitrogens is 2. The number of halogens is 2. The normalized spacial score (nSPS) is 10.8. The van der Waals surface area contributed by atoms with Crippen molar-refractivity contribution >= 4 is 11.6 Å². The van der Waals surface area contributed by atoms with Crippen LogP contribution in [-0.4, -0.2) is 9.13 Å². The van der Waals surface area contributed by atoms with Crippen LogP contribution in [0.1, 0.15) is 18.9 Å². The van der Waals surface area contributed by atoms with Crippen molar-refractivity contribution in [3.8, 4) is 0 Å². The predicted octanol–water partition coefficient (Wildman–Crippen LogP) is 2.90. The fraction of sp³-hybridized carbons (Fsp3) is 0.308. The van der Waals surface area contributed by atoms with Crippen LogP contribution in [0.5, 0.6) is 0 Å². The third kappa shape index (κ3) is 2.48. The summed E-state index contributed by atoms with van der Waals surface area (Å²) in [6.07, 6.45) is 4.24. The van der Waals surface area contributed by atoms with Crippen LogP contribution in [0.15, 0.2) is 35.4 Å². The highest BCUT2D eigenvalue weighted by Crippen LogP contribution is 2.19. The summed E-state index contributed by atoms with van der Waals surface area (Å²) in [5.41, 5.74) is 0.201. The summed E-state index contributed by atoms with van der Waals surface area (Å²) in [6, 6.07) is 4.51. The Balaban J connectivity index is 2.32. The molecular formula is C13H14ClFN2O. The van der Waals surface area contributed by atoms with Crippen LogP contribution in [0.2, 0.25) is 5.02 Å². The van der Waals surface area contributed by atoms with Gasteiger partial charge < -0.3 is 0 Å². The fourth-order valence-corrected chi connectivity index (χ4v) is 2.06. The molecular weight excluding hydrogens is 255 g/mol. The summed E-state index contributed by atoms with van der Waals surface area (Å²) in [5, 5.41) is 0.338. The Morgan fingerprint density at radius 1 is 1.28 bits per heavy atom. The molecule has 0 aliphatic heterocycles. The molecule has 0 amide bonds. The van der Waals surface area contributed by atoms with E-state index in [4.69, 9.17) is 11.6 Å². The molecule has 2 aromatic rings. The molecule has 1 heterocycles. The Morgan fingerprint density at radius 3 is 2.67 bits per heavy atom. The molecule has 1 aromatic heterocycles. The average Bonchev–Trinajstić information content (AvgIpc) is 2.67. The van der Waals surface area contributed by atoms with E-state index >= 15 is 0 Å². The van der Waals surface area contributed by atoms with Gasteiger partial charge in [0.2, 0.25) is 0 Å². The molecule has 0 saturated heterocycles. The van der Waals surface area contributed by atoms with Crippen molar-refractivity contribution in [2.45, 2.75) is 26.4 Å². The number of benzene rings is 1. The second-order valence-electron chi connectivity index (χ2n) is 4.10. The van der Waals surface area contributed by atoms with Gasteiger partial charge in [0.25, 0.3) is 0 Å². The van der Waals surface area contributed by atoms with E-state index in [-0.39, 0.29) is 12.2 Å². The first kappa shape index (κ1) is 12.9. The maximum atomic E-state index is 13.6. The lowest BCUT2D eigenvalue weighted by Gasteiger charge is -2.06. The number of aryl methyl sites for hydroxylation is 1. The van der Waals surface area contributed by atoms with Crippen molar-refractivity contribution in [3.05, 3.63) is 57.5 Å². The highest BCUT2D eigenvalue weighted by atomic mass is 35.5. The Labute approximate surface area is 109 Å². The zero-order valence-electron chi connectivity index (χ0n) is 10.1. The number of rotatable bonds is 4. The van der Waals surface area contributed by atoms with Crippen molar-refractivity contribution in [1.29, 1.82) is 0 Å². The van der Waals surface area contributed by atoms with Gasteiger partial charge in [-0.15, -0.1) is 0 Å². The minimum atomic E-state index is -0.391. The summed E-state index contributed by atoms with van der Waals surface area (Å²) in [6.45, 7) is 2.81. The molecule has 3 nitrogen and oxygen atoms in total. The van der Waals surface area contributed by atoms with Crippen LogP contribution in [0, 0.1) is 5.82 Å². The van der Waals surface area contributed by atoms with Crippen molar-refractivity contribution in [1.82, 2.24) is 9.13 Å². The van der Waals surface area contributed by atoms with Crippen LogP contribution < -0.4 is 5.69 Å². The summed E-state index contributed by atoms with van der Waals surface area (Å²) in [4.78, 5) is 11.9. The summed E-state index contributed by atoms with van der Waals surface area (Å²) in [5.74, 6) is -0.391. The van der Waals surface area contributed by atoms with E-state index in [1.807, 2.05) is 6.92 Å². The molecule has 0 bridgehead atoms. The van der Waals surface area contributed by atoms with Gasteiger partial charge in [0, 0.05) is 29.5 Å². The SMILES string of the molecule is CCCn1ccn(Cc2c(F)cccc2Cl)c1=O. The number of nitrogens with zero attached hydrogens (tertiary/aromatic N) is 2. The van der Waals surface area contributed by atoms with E-state index < -0.39 is 5.82 Å². The van der Waals surface area contributed by atoms with E-state index in [1.165, 1.54) is 10.6 Å². The molecule has 5 heteroatoms. The van der Waals surface area contributed by atoms with Crippen LogP contribution >= 0.6 is 11.6 Å². The first-order chi connectivity index (χ1) is 8.63. The molecule has 0 unspecified atom stereocenters. The molecule has 96 valence electrons. The zero-order valence-corrected chi connectivity index (χ0v) is 10.8. The monoisotopic (exact) mass is 268 g/mol. The van der Waals surface area contributed by atoms with Crippen LogP contribution in [0.3, 0.4) is 0 Å². The molecule has 0 N–H and O–H groups in total. The molecule has 1 aromatic carbocycles. The standard InChI is InChI=1S/C13H14ClFN2O/c1-2-6-16-7-8-17(13(16)18)9-10-11(14)4-3-5-12(10)15/h3-5,7-8H,2,6,9H2,1H3. The fourth-order valence-electron chi connectivity index (χ4n) is 1.84. The van der Waals surface area contributed by atoms with Gasteiger partial charge in [0.15, 0.2) is 0 Å². The molecule has 0 spiro atoms. The van der Waals surface area contributed by atoms with E-state index in [9.17, 15) is 9.18 Å². The molecule has 18 heavy (non-hydrogen) atoms. The predicted molar refractivity (Wildman–Crippen MR) is 69.5 cm³/mol. The molecule has 0 aliphatic rings. The van der Waals surface area contributed by atoms with Gasteiger partial charge >= 0.3 is 5.69 Å². The molecule has 0 fully saturated rings. The Kier molecular flexibility index (Phi) is 3.87.